The Balaban J connectivity index is 0.00000161. The van der Waals surface area contributed by atoms with Gasteiger partial charge in [-0.3, -0.25) is 0 Å². The minimum Gasteiger partial charge on any atom is -0.316 e. The summed E-state index contributed by atoms with van der Waals surface area (Å²) >= 11 is 0. The fourth-order valence-electron chi connectivity index (χ4n) is 2.84. The van der Waals surface area contributed by atoms with Gasteiger partial charge in [0.25, 0.3) is 0 Å². The molecule has 0 spiro atoms. The molecule has 2 saturated heterocycles. The predicted molar refractivity (Wildman–Crippen MR) is 72.2 cm³/mol. The van der Waals surface area contributed by atoms with Crippen LogP contribution in [0.3, 0.4) is 0 Å². The maximum absolute atomic E-state index is 13.2. The van der Waals surface area contributed by atoms with Gasteiger partial charge in [0.05, 0.1) is 4.90 Å². The van der Waals surface area contributed by atoms with Crippen LogP contribution in [0.25, 0.3) is 0 Å². The number of nitrogens with zero attached hydrogens (tertiary/aromatic N) is 1. The Bertz CT molecular complexity index is 621. The zero-order valence-electron chi connectivity index (χ0n) is 10.9. The Hall–Kier alpha value is -0.830. The van der Waals surface area contributed by atoms with Gasteiger partial charge in [0.15, 0.2) is 17.5 Å². The van der Waals surface area contributed by atoms with E-state index in [2.05, 4.69) is 5.32 Å². The predicted octanol–water partition coefficient (Wildman–Crippen LogP) is 1.37. The first-order valence-corrected chi connectivity index (χ1v) is 7.69. The molecule has 2 aliphatic rings. The molecule has 2 fully saturated rings. The molecular formula is C12H14ClF3N2O2S. The summed E-state index contributed by atoms with van der Waals surface area (Å²) in [6, 6.07) is 1.06. The van der Waals surface area contributed by atoms with Crippen molar-refractivity contribution >= 4 is 22.4 Å². The van der Waals surface area contributed by atoms with Gasteiger partial charge in [-0.25, -0.2) is 21.6 Å². The molecule has 2 atom stereocenters. The van der Waals surface area contributed by atoms with Crippen LogP contribution in [0, 0.1) is 29.3 Å². The van der Waals surface area contributed by atoms with Gasteiger partial charge in [0, 0.05) is 13.1 Å². The number of nitrogens with one attached hydrogen (secondary N) is 1. The number of hydrogen-bond acceptors (Lipinski definition) is 3. The minimum absolute atomic E-state index is 0. The molecular weight excluding hydrogens is 329 g/mol. The second-order valence-electron chi connectivity index (χ2n) is 5.20. The molecule has 3 rings (SSSR count). The number of benzene rings is 1. The van der Waals surface area contributed by atoms with Crippen LogP contribution in [-0.4, -0.2) is 38.9 Å². The van der Waals surface area contributed by atoms with Crippen LogP contribution >= 0.6 is 12.4 Å². The lowest BCUT2D eigenvalue weighted by molar-refractivity contribution is 0.432. The van der Waals surface area contributed by atoms with Gasteiger partial charge < -0.3 is 5.32 Å². The van der Waals surface area contributed by atoms with Crippen molar-refractivity contribution < 1.29 is 21.6 Å². The number of rotatable bonds is 2. The highest BCUT2D eigenvalue weighted by atomic mass is 35.5. The number of hydrogen-bond donors (Lipinski definition) is 1. The van der Waals surface area contributed by atoms with Gasteiger partial charge in [-0.05, 0) is 37.1 Å². The smallest absolute Gasteiger partial charge is 0.243 e. The summed E-state index contributed by atoms with van der Waals surface area (Å²) in [6.45, 7) is 2.12. The molecule has 21 heavy (non-hydrogen) atoms. The molecule has 9 heteroatoms. The topological polar surface area (TPSA) is 49.4 Å². The average Bonchev–Trinajstić information content (AvgIpc) is 2.95. The van der Waals surface area contributed by atoms with Crippen molar-refractivity contribution in [1.82, 2.24) is 9.62 Å². The van der Waals surface area contributed by atoms with Gasteiger partial charge in [0.1, 0.15) is 0 Å². The van der Waals surface area contributed by atoms with Crippen molar-refractivity contribution in [1.29, 1.82) is 0 Å². The fourth-order valence-corrected chi connectivity index (χ4v) is 4.42. The van der Waals surface area contributed by atoms with Gasteiger partial charge in [-0.15, -0.1) is 12.4 Å². The Kier molecular flexibility index (Phi) is 4.53. The zero-order chi connectivity index (χ0) is 14.5. The largest absolute Gasteiger partial charge is 0.316 e. The van der Waals surface area contributed by atoms with E-state index in [9.17, 15) is 21.6 Å². The first-order chi connectivity index (χ1) is 9.39. The normalized spacial score (nSPS) is 25.7. The maximum atomic E-state index is 13.2. The SMILES string of the molecule is Cl.O=S(=O)(c1cc(F)c(F)c(F)c1)N1C[C@H]2CNC[C@H]2C1. The molecule has 0 amide bonds. The lowest BCUT2D eigenvalue weighted by Crippen LogP contribution is -2.32. The van der Waals surface area contributed by atoms with E-state index < -0.39 is 32.4 Å². The number of fused-ring (bicyclic) bond motifs is 1. The summed E-state index contributed by atoms with van der Waals surface area (Å²) in [5.41, 5.74) is 0. The molecule has 1 aromatic rings. The Morgan fingerprint density at radius 3 is 2.00 bits per heavy atom. The van der Waals surface area contributed by atoms with Crippen LogP contribution in [-0.2, 0) is 10.0 Å². The highest BCUT2D eigenvalue weighted by Crippen LogP contribution is 2.31. The number of halogens is 4. The van der Waals surface area contributed by atoms with E-state index in [1.54, 1.807) is 0 Å². The van der Waals surface area contributed by atoms with Crippen LogP contribution < -0.4 is 5.32 Å². The molecule has 0 aromatic heterocycles. The lowest BCUT2D eigenvalue weighted by Gasteiger charge is -2.17. The van der Waals surface area contributed by atoms with Crippen molar-refractivity contribution in [2.75, 3.05) is 26.2 Å². The molecule has 4 nitrogen and oxygen atoms in total. The summed E-state index contributed by atoms with van der Waals surface area (Å²) in [4.78, 5) is -0.540. The molecule has 2 aliphatic heterocycles. The molecule has 1 N–H and O–H groups in total. The molecule has 0 radical (unpaired) electrons. The van der Waals surface area contributed by atoms with Crippen LogP contribution in [0.1, 0.15) is 0 Å². The Labute approximate surface area is 126 Å². The van der Waals surface area contributed by atoms with E-state index in [-0.39, 0.29) is 24.2 Å². The second kappa shape index (κ2) is 5.75. The third-order valence-electron chi connectivity index (χ3n) is 3.95. The van der Waals surface area contributed by atoms with Crippen LogP contribution in [0.15, 0.2) is 17.0 Å². The molecule has 118 valence electrons. The van der Waals surface area contributed by atoms with Gasteiger partial charge >= 0.3 is 0 Å². The lowest BCUT2D eigenvalue weighted by atomic mass is 10.0. The second-order valence-corrected chi connectivity index (χ2v) is 7.14. The third-order valence-corrected chi connectivity index (χ3v) is 5.76. The van der Waals surface area contributed by atoms with Crippen molar-refractivity contribution in [3.8, 4) is 0 Å². The highest BCUT2D eigenvalue weighted by molar-refractivity contribution is 7.89. The van der Waals surface area contributed by atoms with Gasteiger partial charge in [-0.1, -0.05) is 0 Å². The monoisotopic (exact) mass is 342 g/mol. The summed E-state index contributed by atoms with van der Waals surface area (Å²) < 4.78 is 65.1. The van der Waals surface area contributed by atoms with Crippen molar-refractivity contribution in [3.63, 3.8) is 0 Å². The first kappa shape index (κ1) is 16.5. The summed E-state index contributed by atoms with van der Waals surface area (Å²) in [7, 11) is -3.98. The maximum Gasteiger partial charge on any atom is 0.243 e. The van der Waals surface area contributed by atoms with E-state index in [1.807, 2.05) is 0 Å². The van der Waals surface area contributed by atoms with E-state index in [4.69, 9.17) is 0 Å². The molecule has 2 heterocycles. The first-order valence-electron chi connectivity index (χ1n) is 6.25. The Morgan fingerprint density at radius 1 is 1.05 bits per heavy atom. The summed E-state index contributed by atoms with van der Waals surface area (Å²) in [5, 5.41) is 3.17. The molecule has 0 unspecified atom stereocenters. The van der Waals surface area contributed by atoms with E-state index in [0.29, 0.717) is 25.2 Å². The Morgan fingerprint density at radius 2 is 1.52 bits per heavy atom. The van der Waals surface area contributed by atoms with Crippen molar-refractivity contribution in [2.45, 2.75) is 4.90 Å². The summed E-state index contributed by atoms with van der Waals surface area (Å²) in [5.74, 6) is -4.21. The molecule has 0 bridgehead atoms. The fraction of sp³-hybridized carbons (Fsp3) is 0.500. The molecule has 1 aromatic carbocycles. The average molecular weight is 343 g/mol. The molecule has 0 saturated carbocycles. The van der Waals surface area contributed by atoms with Crippen LogP contribution in [0.4, 0.5) is 13.2 Å². The highest BCUT2D eigenvalue weighted by Gasteiger charge is 2.41. The van der Waals surface area contributed by atoms with E-state index in [0.717, 1.165) is 13.1 Å². The van der Waals surface area contributed by atoms with E-state index in [1.165, 1.54) is 4.31 Å². The van der Waals surface area contributed by atoms with Crippen molar-refractivity contribution in [2.24, 2.45) is 11.8 Å². The number of sulfonamides is 1. The van der Waals surface area contributed by atoms with Gasteiger partial charge in [0.2, 0.25) is 10.0 Å². The van der Waals surface area contributed by atoms with E-state index >= 15 is 0 Å². The quantitative estimate of drug-likeness (QED) is 0.826. The van der Waals surface area contributed by atoms with Crippen molar-refractivity contribution in [3.05, 3.63) is 29.6 Å². The van der Waals surface area contributed by atoms with Crippen LogP contribution in [0.5, 0.6) is 0 Å². The summed E-state index contributed by atoms with van der Waals surface area (Å²) in [6.07, 6.45) is 0. The third kappa shape index (κ3) is 2.77. The van der Waals surface area contributed by atoms with Crippen LogP contribution in [0.2, 0.25) is 0 Å². The van der Waals surface area contributed by atoms with Gasteiger partial charge in [-0.2, -0.15) is 4.31 Å². The molecule has 0 aliphatic carbocycles. The minimum atomic E-state index is -3.98. The standard InChI is InChI=1S/C12H13F3N2O2S.ClH/c13-10-1-9(2-11(14)12(10)15)20(18,19)17-5-7-3-16-4-8(7)6-17;/h1-2,7-8,16H,3-6H2;1H/t7-,8+;. The zero-order valence-corrected chi connectivity index (χ0v) is 12.5.